The van der Waals surface area contributed by atoms with E-state index in [2.05, 4.69) is 5.32 Å². The van der Waals surface area contributed by atoms with Crippen molar-refractivity contribution in [2.75, 3.05) is 7.05 Å². The zero-order valence-electron chi connectivity index (χ0n) is 8.86. The van der Waals surface area contributed by atoms with Crippen LogP contribution in [0.1, 0.15) is 12.5 Å². The molecule has 0 bridgehead atoms. The van der Waals surface area contributed by atoms with Gasteiger partial charge in [0.2, 0.25) is 0 Å². The van der Waals surface area contributed by atoms with E-state index in [9.17, 15) is 4.79 Å². The van der Waals surface area contributed by atoms with E-state index in [0.717, 1.165) is 22.5 Å². The quantitative estimate of drug-likeness (QED) is 0.752. The SMILES string of the molecule is CNC(Cc1ccc(SO)cc1)C(C)=O. The predicted octanol–water partition coefficient (Wildman–Crippen LogP) is 1.97. The summed E-state index contributed by atoms with van der Waals surface area (Å²) in [5.41, 5.74) is 1.09. The van der Waals surface area contributed by atoms with Gasteiger partial charge in [-0.3, -0.25) is 4.79 Å². The third kappa shape index (κ3) is 3.66. The van der Waals surface area contributed by atoms with Gasteiger partial charge in [-0.2, -0.15) is 0 Å². The van der Waals surface area contributed by atoms with Crippen molar-refractivity contribution >= 4 is 17.8 Å². The molecule has 0 aliphatic rings. The van der Waals surface area contributed by atoms with Crippen LogP contribution >= 0.6 is 12.0 Å². The number of rotatable bonds is 5. The molecule has 0 aliphatic heterocycles. The summed E-state index contributed by atoms with van der Waals surface area (Å²) in [5, 5.41) is 2.97. The largest absolute Gasteiger partial charge is 0.325 e. The van der Waals surface area contributed by atoms with Gasteiger partial charge in [-0.15, -0.1) is 0 Å². The lowest BCUT2D eigenvalue weighted by atomic mass is 10.0. The maximum absolute atomic E-state index is 11.2. The smallest absolute Gasteiger partial charge is 0.147 e. The topological polar surface area (TPSA) is 49.3 Å². The summed E-state index contributed by atoms with van der Waals surface area (Å²) in [7, 11) is 1.78. The van der Waals surface area contributed by atoms with E-state index in [1.54, 1.807) is 14.0 Å². The number of carbonyl (C=O) groups is 1. The molecule has 0 aromatic heterocycles. The second-order valence-electron chi connectivity index (χ2n) is 3.39. The molecule has 0 spiro atoms. The van der Waals surface area contributed by atoms with E-state index in [1.165, 1.54) is 0 Å². The van der Waals surface area contributed by atoms with E-state index < -0.39 is 0 Å². The fraction of sp³-hybridized carbons (Fsp3) is 0.364. The predicted molar refractivity (Wildman–Crippen MR) is 62.2 cm³/mol. The molecule has 0 saturated heterocycles. The Morgan fingerprint density at radius 3 is 2.47 bits per heavy atom. The molecule has 0 fully saturated rings. The van der Waals surface area contributed by atoms with E-state index in [1.807, 2.05) is 24.3 Å². The molecule has 4 heteroatoms. The Morgan fingerprint density at radius 1 is 1.47 bits per heavy atom. The average molecular weight is 225 g/mol. The van der Waals surface area contributed by atoms with Crippen molar-refractivity contribution in [2.24, 2.45) is 0 Å². The highest BCUT2D eigenvalue weighted by atomic mass is 32.2. The highest BCUT2D eigenvalue weighted by molar-refractivity contribution is 7.93. The van der Waals surface area contributed by atoms with Gasteiger partial charge in [0.15, 0.2) is 0 Å². The number of Topliss-reactive ketones (excluding diaryl/α,β-unsaturated/α-hetero) is 1. The van der Waals surface area contributed by atoms with Crippen LogP contribution in [0.3, 0.4) is 0 Å². The molecule has 1 rings (SSSR count). The summed E-state index contributed by atoms with van der Waals surface area (Å²) in [6.45, 7) is 1.58. The number of benzene rings is 1. The van der Waals surface area contributed by atoms with Gasteiger partial charge in [-0.25, -0.2) is 0 Å². The zero-order chi connectivity index (χ0) is 11.3. The van der Waals surface area contributed by atoms with Crippen molar-refractivity contribution in [3.8, 4) is 0 Å². The van der Waals surface area contributed by atoms with E-state index in [0.29, 0.717) is 6.42 Å². The van der Waals surface area contributed by atoms with Crippen molar-refractivity contribution in [1.82, 2.24) is 5.32 Å². The standard InChI is InChI=1S/C11H15NO2S/c1-8(13)11(12-2)7-9-3-5-10(15-14)6-4-9/h3-6,11-12,14H,7H2,1-2H3. The Labute approximate surface area is 94.1 Å². The Kier molecular flexibility index (Phi) is 4.81. The highest BCUT2D eigenvalue weighted by Gasteiger charge is 2.11. The third-order valence-electron chi connectivity index (χ3n) is 2.31. The van der Waals surface area contributed by atoms with Crippen LogP contribution in [0.4, 0.5) is 0 Å². The summed E-state index contributed by atoms with van der Waals surface area (Å²) < 4.78 is 8.79. The molecule has 2 N–H and O–H groups in total. The minimum Gasteiger partial charge on any atom is -0.325 e. The number of likely N-dealkylation sites (N-methyl/N-ethyl adjacent to an activating group) is 1. The molecule has 0 radical (unpaired) electrons. The Hall–Kier alpha value is -0.840. The van der Waals surface area contributed by atoms with Crippen LogP contribution in [0, 0.1) is 0 Å². The first-order valence-corrected chi connectivity index (χ1v) is 5.52. The monoisotopic (exact) mass is 225 g/mol. The summed E-state index contributed by atoms with van der Waals surface area (Å²) in [6, 6.07) is 7.40. The van der Waals surface area contributed by atoms with E-state index in [-0.39, 0.29) is 11.8 Å². The molecule has 0 aliphatic carbocycles. The van der Waals surface area contributed by atoms with Gasteiger partial charge in [-0.1, -0.05) is 12.1 Å². The molecule has 0 amide bonds. The molecular formula is C11H15NO2S. The number of hydrogen-bond donors (Lipinski definition) is 2. The zero-order valence-corrected chi connectivity index (χ0v) is 9.67. The van der Waals surface area contributed by atoms with Gasteiger partial charge >= 0.3 is 0 Å². The van der Waals surface area contributed by atoms with Crippen molar-refractivity contribution in [3.63, 3.8) is 0 Å². The van der Waals surface area contributed by atoms with Crippen LogP contribution in [-0.2, 0) is 11.2 Å². The van der Waals surface area contributed by atoms with Crippen molar-refractivity contribution in [1.29, 1.82) is 0 Å². The summed E-state index contributed by atoms with van der Waals surface area (Å²) in [4.78, 5) is 12.0. The number of hydrogen-bond acceptors (Lipinski definition) is 4. The normalized spacial score (nSPS) is 12.5. The fourth-order valence-electron chi connectivity index (χ4n) is 1.37. The van der Waals surface area contributed by atoms with Gasteiger partial charge in [0, 0.05) is 16.9 Å². The van der Waals surface area contributed by atoms with Crippen LogP contribution in [-0.4, -0.2) is 23.4 Å². The lowest BCUT2D eigenvalue weighted by Gasteiger charge is -2.12. The summed E-state index contributed by atoms with van der Waals surface area (Å²) in [6.07, 6.45) is 0.683. The van der Waals surface area contributed by atoms with Crippen LogP contribution < -0.4 is 5.32 Å². The molecule has 0 saturated carbocycles. The first-order chi connectivity index (χ1) is 7.17. The fourth-order valence-corrected chi connectivity index (χ4v) is 1.63. The molecular weight excluding hydrogens is 210 g/mol. The molecule has 82 valence electrons. The van der Waals surface area contributed by atoms with Crippen LogP contribution in [0.15, 0.2) is 29.2 Å². The summed E-state index contributed by atoms with van der Waals surface area (Å²) >= 11 is 0.726. The van der Waals surface area contributed by atoms with Crippen molar-refractivity contribution in [3.05, 3.63) is 29.8 Å². The number of ketones is 1. The lowest BCUT2D eigenvalue weighted by Crippen LogP contribution is -2.34. The first-order valence-electron chi connectivity index (χ1n) is 4.75. The molecule has 1 atom stereocenters. The van der Waals surface area contributed by atoms with Gasteiger partial charge in [0.25, 0.3) is 0 Å². The first kappa shape index (κ1) is 12.2. The lowest BCUT2D eigenvalue weighted by molar-refractivity contribution is -0.118. The molecule has 1 unspecified atom stereocenters. The Balaban J connectivity index is 2.67. The second-order valence-corrected chi connectivity index (χ2v) is 4.05. The van der Waals surface area contributed by atoms with Crippen LogP contribution in [0.2, 0.25) is 0 Å². The maximum atomic E-state index is 11.2. The van der Waals surface area contributed by atoms with Gasteiger partial charge in [0.1, 0.15) is 5.78 Å². The maximum Gasteiger partial charge on any atom is 0.147 e. The second kappa shape index (κ2) is 5.90. The van der Waals surface area contributed by atoms with Crippen LogP contribution in [0.5, 0.6) is 0 Å². The Bertz CT molecular complexity index is 324. The number of nitrogens with one attached hydrogen (secondary N) is 1. The number of carbonyl (C=O) groups excluding carboxylic acids is 1. The van der Waals surface area contributed by atoms with Gasteiger partial charge < -0.3 is 9.87 Å². The highest BCUT2D eigenvalue weighted by Crippen LogP contribution is 2.15. The van der Waals surface area contributed by atoms with Crippen molar-refractivity contribution in [2.45, 2.75) is 24.3 Å². The van der Waals surface area contributed by atoms with Crippen LogP contribution in [0.25, 0.3) is 0 Å². The average Bonchev–Trinajstić information content (AvgIpc) is 2.26. The Morgan fingerprint density at radius 2 is 2.07 bits per heavy atom. The van der Waals surface area contributed by atoms with E-state index >= 15 is 0 Å². The minimum absolute atomic E-state index is 0.127. The van der Waals surface area contributed by atoms with Gasteiger partial charge in [-0.05, 0) is 38.1 Å². The van der Waals surface area contributed by atoms with Gasteiger partial charge in [0.05, 0.1) is 6.04 Å². The van der Waals surface area contributed by atoms with E-state index in [4.69, 9.17) is 4.55 Å². The molecule has 1 aromatic rings. The summed E-state index contributed by atoms with van der Waals surface area (Å²) in [5.74, 6) is 0.137. The molecule has 15 heavy (non-hydrogen) atoms. The van der Waals surface area contributed by atoms with Crippen molar-refractivity contribution < 1.29 is 9.35 Å². The molecule has 0 heterocycles. The molecule has 1 aromatic carbocycles. The third-order valence-corrected chi connectivity index (χ3v) is 2.79. The minimum atomic E-state index is -0.127. The molecule has 3 nitrogen and oxygen atoms in total.